The molecule has 86 valence electrons. The van der Waals surface area contributed by atoms with Crippen LogP contribution in [-0.4, -0.2) is 44.0 Å². The van der Waals surface area contributed by atoms with Gasteiger partial charge in [0.2, 0.25) is 0 Å². The Morgan fingerprint density at radius 1 is 1.36 bits per heavy atom. The van der Waals surface area contributed by atoms with Crippen molar-refractivity contribution < 1.29 is 8.78 Å². The summed E-state index contributed by atoms with van der Waals surface area (Å²) in [6.07, 6.45) is -0.204. The number of nitrogens with one attached hydrogen (secondary N) is 1. The lowest BCUT2D eigenvalue weighted by Gasteiger charge is -2.17. The molecule has 0 aromatic carbocycles. The first-order valence-electron chi connectivity index (χ1n) is 5.26. The Morgan fingerprint density at radius 3 is 2.50 bits per heavy atom. The highest BCUT2D eigenvalue weighted by Crippen LogP contribution is 2.00. The molecule has 1 unspecified atom stereocenters. The zero-order valence-corrected chi connectivity index (χ0v) is 9.39. The van der Waals surface area contributed by atoms with E-state index in [1.54, 1.807) is 11.9 Å². The Balaban J connectivity index is 3.34. The average Bonchev–Trinajstić information content (AvgIpc) is 2.02. The van der Waals surface area contributed by atoms with Gasteiger partial charge in [-0.15, -0.1) is 0 Å². The van der Waals surface area contributed by atoms with Crippen LogP contribution in [0.2, 0.25) is 0 Å². The lowest BCUT2D eigenvalue weighted by atomic mass is 10.2. The maximum Gasteiger partial charge on any atom is 0.251 e. The molecule has 0 saturated heterocycles. The molecule has 1 atom stereocenters. The molecule has 0 spiro atoms. The fourth-order valence-corrected chi connectivity index (χ4v) is 1.44. The fourth-order valence-electron chi connectivity index (χ4n) is 1.44. The molecule has 0 radical (unpaired) electrons. The van der Waals surface area contributed by atoms with E-state index in [0.717, 1.165) is 25.9 Å². The maximum absolute atomic E-state index is 11.9. The van der Waals surface area contributed by atoms with E-state index in [-0.39, 0.29) is 6.54 Å². The standard InChI is InChI=1S/C10H22F2N2/c1-4-13-9(2)6-5-7-14(3)8-10(11)12/h9-10,13H,4-8H2,1-3H3. The second kappa shape index (κ2) is 8.12. The van der Waals surface area contributed by atoms with Gasteiger partial charge in [0.05, 0.1) is 6.54 Å². The van der Waals surface area contributed by atoms with Crippen LogP contribution in [0, 0.1) is 0 Å². The molecule has 0 fully saturated rings. The van der Waals surface area contributed by atoms with Gasteiger partial charge >= 0.3 is 0 Å². The van der Waals surface area contributed by atoms with Crippen molar-refractivity contribution in [1.29, 1.82) is 0 Å². The number of alkyl halides is 2. The molecule has 4 heteroatoms. The van der Waals surface area contributed by atoms with Crippen LogP contribution in [0.25, 0.3) is 0 Å². The number of hydrogen-bond acceptors (Lipinski definition) is 2. The minimum Gasteiger partial charge on any atom is -0.315 e. The van der Waals surface area contributed by atoms with E-state index < -0.39 is 6.43 Å². The van der Waals surface area contributed by atoms with E-state index in [0.29, 0.717) is 6.04 Å². The Labute approximate surface area is 85.7 Å². The number of nitrogens with zero attached hydrogens (tertiary/aromatic N) is 1. The molecular weight excluding hydrogens is 186 g/mol. The molecule has 0 aromatic rings. The molecule has 2 nitrogen and oxygen atoms in total. The summed E-state index contributed by atoms with van der Waals surface area (Å²) in [7, 11) is 1.74. The third-order valence-electron chi connectivity index (χ3n) is 2.18. The number of halogens is 2. The van der Waals surface area contributed by atoms with Gasteiger partial charge in [0.15, 0.2) is 0 Å². The van der Waals surface area contributed by atoms with Gasteiger partial charge in [0.25, 0.3) is 6.43 Å². The summed E-state index contributed by atoms with van der Waals surface area (Å²) < 4.78 is 23.9. The van der Waals surface area contributed by atoms with Gasteiger partial charge in [-0.1, -0.05) is 6.92 Å². The molecular formula is C10H22F2N2. The van der Waals surface area contributed by atoms with Crippen molar-refractivity contribution in [3.8, 4) is 0 Å². The van der Waals surface area contributed by atoms with E-state index in [9.17, 15) is 8.78 Å². The molecule has 0 heterocycles. The summed E-state index contributed by atoms with van der Waals surface area (Å²) in [4.78, 5) is 1.68. The highest BCUT2D eigenvalue weighted by atomic mass is 19.3. The van der Waals surface area contributed by atoms with Crippen molar-refractivity contribution in [2.45, 2.75) is 39.2 Å². The van der Waals surface area contributed by atoms with Crippen molar-refractivity contribution in [2.24, 2.45) is 0 Å². The minimum atomic E-state index is -2.22. The third kappa shape index (κ3) is 8.38. The SMILES string of the molecule is CCNC(C)CCCN(C)CC(F)F. The summed E-state index contributed by atoms with van der Waals surface area (Å²) >= 11 is 0. The second-order valence-electron chi connectivity index (χ2n) is 3.75. The van der Waals surface area contributed by atoms with Crippen LogP contribution >= 0.6 is 0 Å². The smallest absolute Gasteiger partial charge is 0.251 e. The summed E-state index contributed by atoms with van der Waals surface area (Å²) in [5, 5.41) is 3.29. The maximum atomic E-state index is 11.9. The van der Waals surface area contributed by atoms with E-state index in [1.807, 2.05) is 0 Å². The van der Waals surface area contributed by atoms with Gasteiger partial charge in [0.1, 0.15) is 0 Å². The van der Waals surface area contributed by atoms with Crippen LogP contribution in [0.15, 0.2) is 0 Å². The largest absolute Gasteiger partial charge is 0.315 e. The van der Waals surface area contributed by atoms with Crippen LogP contribution in [0.1, 0.15) is 26.7 Å². The molecule has 0 aromatic heterocycles. The van der Waals surface area contributed by atoms with Crippen LogP contribution in [-0.2, 0) is 0 Å². The molecule has 0 aliphatic carbocycles. The van der Waals surface area contributed by atoms with Crippen molar-refractivity contribution in [3.05, 3.63) is 0 Å². The topological polar surface area (TPSA) is 15.3 Å². The summed E-state index contributed by atoms with van der Waals surface area (Å²) in [5.74, 6) is 0. The monoisotopic (exact) mass is 208 g/mol. The van der Waals surface area contributed by atoms with Gasteiger partial charge in [-0.05, 0) is 39.9 Å². The molecule has 0 aliphatic heterocycles. The Kier molecular flexibility index (Phi) is 7.99. The predicted molar refractivity (Wildman–Crippen MR) is 55.9 cm³/mol. The summed E-state index contributed by atoms with van der Waals surface area (Å²) in [6.45, 7) is 5.79. The lowest BCUT2D eigenvalue weighted by molar-refractivity contribution is 0.0993. The summed E-state index contributed by atoms with van der Waals surface area (Å²) in [6, 6.07) is 0.486. The molecule has 0 saturated carbocycles. The Bertz CT molecular complexity index is 131. The minimum absolute atomic E-state index is 0.115. The summed E-state index contributed by atoms with van der Waals surface area (Å²) in [5.41, 5.74) is 0. The van der Waals surface area contributed by atoms with Crippen molar-refractivity contribution >= 4 is 0 Å². The number of rotatable bonds is 8. The Morgan fingerprint density at radius 2 is 2.00 bits per heavy atom. The van der Waals surface area contributed by atoms with Gasteiger partial charge in [0, 0.05) is 6.04 Å². The van der Waals surface area contributed by atoms with Crippen molar-refractivity contribution in [3.63, 3.8) is 0 Å². The molecule has 0 aliphatic rings. The van der Waals surface area contributed by atoms with E-state index in [2.05, 4.69) is 19.2 Å². The van der Waals surface area contributed by atoms with E-state index in [4.69, 9.17) is 0 Å². The lowest BCUT2D eigenvalue weighted by Crippen LogP contribution is -2.29. The van der Waals surface area contributed by atoms with Crippen LogP contribution < -0.4 is 5.32 Å². The van der Waals surface area contributed by atoms with Gasteiger partial charge < -0.3 is 10.2 Å². The molecule has 14 heavy (non-hydrogen) atoms. The molecule has 1 N–H and O–H groups in total. The first kappa shape index (κ1) is 13.8. The fraction of sp³-hybridized carbons (Fsp3) is 1.00. The van der Waals surface area contributed by atoms with Crippen molar-refractivity contribution in [1.82, 2.24) is 10.2 Å². The highest BCUT2D eigenvalue weighted by molar-refractivity contribution is 4.61. The quantitative estimate of drug-likeness (QED) is 0.656. The normalized spacial score (nSPS) is 13.9. The molecule has 0 amide bonds. The first-order valence-corrected chi connectivity index (χ1v) is 5.26. The highest BCUT2D eigenvalue weighted by Gasteiger charge is 2.07. The predicted octanol–water partition coefficient (Wildman–Crippen LogP) is 1.96. The van der Waals surface area contributed by atoms with Crippen LogP contribution in [0.3, 0.4) is 0 Å². The van der Waals surface area contributed by atoms with Crippen LogP contribution in [0.5, 0.6) is 0 Å². The van der Waals surface area contributed by atoms with Gasteiger partial charge in [-0.3, -0.25) is 0 Å². The Hall–Kier alpha value is -0.220. The average molecular weight is 208 g/mol. The zero-order chi connectivity index (χ0) is 11.0. The molecule has 0 bridgehead atoms. The number of hydrogen-bond donors (Lipinski definition) is 1. The molecule has 0 rings (SSSR count). The zero-order valence-electron chi connectivity index (χ0n) is 9.39. The van der Waals surface area contributed by atoms with Crippen molar-refractivity contribution in [2.75, 3.05) is 26.7 Å². The van der Waals surface area contributed by atoms with Gasteiger partial charge in [-0.2, -0.15) is 0 Å². The van der Waals surface area contributed by atoms with Crippen LogP contribution in [0.4, 0.5) is 8.78 Å². The third-order valence-corrected chi connectivity index (χ3v) is 2.18. The van der Waals surface area contributed by atoms with E-state index >= 15 is 0 Å². The van der Waals surface area contributed by atoms with Gasteiger partial charge in [-0.25, -0.2) is 8.78 Å². The second-order valence-corrected chi connectivity index (χ2v) is 3.75. The first-order chi connectivity index (χ1) is 6.56. The van der Waals surface area contributed by atoms with E-state index in [1.165, 1.54) is 0 Å².